The first-order chi connectivity index (χ1) is 24.5. The van der Waals surface area contributed by atoms with Gasteiger partial charge >= 0.3 is 13.6 Å². The number of aromatic amines is 2. The van der Waals surface area contributed by atoms with Gasteiger partial charge in [-0.3, -0.25) is 14.8 Å². The van der Waals surface area contributed by atoms with Crippen LogP contribution in [-0.4, -0.2) is 92.0 Å². The second kappa shape index (κ2) is 14.2. The summed E-state index contributed by atoms with van der Waals surface area (Å²) in [4.78, 5) is 36.6. The predicted octanol–water partition coefficient (Wildman–Crippen LogP) is 4.04. The number of phenolic OH excluding ortho intramolecular Hbond substituents is 1. The first-order valence-corrected chi connectivity index (χ1v) is 18.1. The average Bonchev–Trinajstić information content (AvgIpc) is 3.78. The first-order valence-electron chi connectivity index (χ1n) is 16.3. The molecule has 0 unspecified atom stereocenters. The Bertz CT molecular complexity index is 2180. The van der Waals surface area contributed by atoms with Gasteiger partial charge in [-0.1, -0.05) is 36.4 Å². The SMILES string of the molecule is O=C1N(Cc2ccc3[nH]ncc3c2)[C@H](Cc2ccc(O)cc2)[C@H](O)[C@@H](O)[C@@H](Cc2ccc(OCP(=O)(O)O)cc2)N1Cc1ccc2[nH]ncc2c1. The molecule has 264 valence electrons. The Labute approximate surface area is 292 Å². The lowest BCUT2D eigenvalue weighted by molar-refractivity contribution is -0.0408. The third kappa shape index (κ3) is 7.75. The summed E-state index contributed by atoms with van der Waals surface area (Å²) in [6, 6.07) is 22.3. The summed E-state index contributed by atoms with van der Waals surface area (Å²) in [5.74, 6) is 0.333. The van der Waals surface area contributed by atoms with E-state index in [0.717, 1.165) is 38.5 Å². The molecule has 1 aliphatic rings. The summed E-state index contributed by atoms with van der Waals surface area (Å²) in [5.41, 5.74) is 4.73. The number of rotatable bonds is 11. The normalized spacial score (nSPS) is 19.9. The highest BCUT2D eigenvalue weighted by molar-refractivity contribution is 7.51. The third-order valence-corrected chi connectivity index (χ3v) is 9.76. The van der Waals surface area contributed by atoms with Crippen molar-refractivity contribution in [1.29, 1.82) is 0 Å². The maximum atomic E-state index is 15.0. The highest BCUT2D eigenvalue weighted by Gasteiger charge is 2.46. The fourth-order valence-corrected chi connectivity index (χ4v) is 6.99. The van der Waals surface area contributed by atoms with Crippen LogP contribution in [0.3, 0.4) is 0 Å². The van der Waals surface area contributed by atoms with Crippen LogP contribution in [0.15, 0.2) is 97.3 Å². The second-order valence-corrected chi connectivity index (χ2v) is 14.5. The number of hydrogen-bond donors (Lipinski definition) is 7. The zero-order valence-electron chi connectivity index (χ0n) is 27.3. The van der Waals surface area contributed by atoms with Crippen molar-refractivity contribution in [3.05, 3.63) is 120 Å². The van der Waals surface area contributed by atoms with E-state index in [-0.39, 0.29) is 43.5 Å². The van der Waals surface area contributed by atoms with Gasteiger partial charge in [0.05, 0.1) is 35.5 Å². The molecule has 1 aliphatic heterocycles. The molecule has 3 heterocycles. The number of aliphatic hydroxyl groups excluding tert-OH is 2. The van der Waals surface area contributed by atoms with E-state index < -0.39 is 38.2 Å². The molecule has 7 N–H and O–H groups in total. The Balaban J connectivity index is 1.27. The predicted molar refractivity (Wildman–Crippen MR) is 188 cm³/mol. The number of nitrogens with zero attached hydrogens (tertiary/aromatic N) is 4. The largest absolute Gasteiger partial charge is 0.508 e. The van der Waals surface area contributed by atoms with Gasteiger partial charge in [-0.15, -0.1) is 0 Å². The molecule has 0 saturated carbocycles. The van der Waals surface area contributed by atoms with Crippen LogP contribution in [0.2, 0.25) is 0 Å². The lowest BCUT2D eigenvalue weighted by atomic mass is 9.90. The van der Waals surface area contributed by atoms with E-state index in [9.17, 15) is 29.7 Å². The molecule has 51 heavy (non-hydrogen) atoms. The van der Waals surface area contributed by atoms with Crippen molar-refractivity contribution in [3.8, 4) is 11.5 Å². The number of amides is 2. The van der Waals surface area contributed by atoms with Crippen LogP contribution in [0, 0.1) is 0 Å². The van der Waals surface area contributed by atoms with E-state index in [1.165, 1.54) is 0 Å². The van der Waals surface area contributed by atoms with Crippen molar-refractivity contribution in [2.45, 2.75) is 50.2 Å². The fraction of sp³-hybridized carbons (Fsp3) is 0.250. The number of carbonyl (C=O) groups excluding carboxylic acids is 1. The molecule has 0 aliphatic carbocycles. The van der Waals surface area contributed by atoms with Gasteiger partial charge in [0.2, 0.25) is 0 Å². The van der Waals surface area contributed by atoms with Crippen molar-refractivity contribution < 1.29 is 39.2 Å². The average molecular weight is 713 g/mol. The van der Waals surface area contributed by atoms with Gasteiger partial charge in [-0.05, 0) is 83.6 Å². The molecule has 4 aromatic carbocycles. The van der Waals surface area contributed by atoms with Crippen LogP contribution in [0.5, 0.6) is 11.5 Å². The van der Waals surface area contributed by atoms with Crippen LogP contribution in [-0.2, 0) is 30.5 Å². The molecule has 1 saturated heterocycles. The highest BCUT2D eigenvalue weighted by atomic mass is 31.2. The lowest BCUT2D eigenvalue weighted by Crippen LogP contribution is -2.50. The summed E-state index contributed by atoms with van der Waals surface area (Å²) in [5, 5.41) is 49.8. The molecule has 0 bridgehead atoms. The number of aromatic nitrogens is 4. The fourth-order valence-electron chi connectivity index (χ4n) is 6.67. The van der Waals surface area contributed by atoms with E-state index >= 15 is 4.79 Å². The number of urea groups is 1. The van der Waals surface area contributed by atoms with E-state index in [1.54, 1.807) is 70.7 Å². The minimum atomic E-state index is -4.38. The van der Waals surface area contributed by atoms with E-state index in [2.05, 4.69) is 20.4 Å². The lowest BCUT2D eigenvalue weighted by Gasteiger charge is -2.36. The number of aromatic hydroxyl groups is 1. The Kier molecular flexibility index (Phi) is 9.51. The van der Waals surface area contributed by atoms with Gasteiger partial charge in [0.25, 0.3) is 0 Å². The third-order valence-electron chi connectivity index (χ3n) is 9.29. The minimum absolute atomic E-state index is 0.0838. The number of hydrogen-bond acceptors (Lipinski definition) is 8. The van der Waals surface area contributed by atoms with Crippen molar-refractivity contribution in [2.75, 3.05) is 6.35 Å². The number of ether oxygens (including phenoxy) is 1. The molecule has 2 amide bonds. The van der Waals surface area contributed by atoms with Gasteiger partial charge in [-0.25, -0.2) is 4.79 Å². The van der Waals surface area contributed by atoms with Gasteiger partial charge in [0.1, 0.15) is 23.7 Å². The van der Waals surface area contributed by atoms with E-state index in [4.69, 9.17) is 4.74 Å². The Morgan fingerprint density at radius 2 is 1.14 bits per heavy atom. The molecular formula is C36H37N6O8P. The molecule has 0 radical (unpaired) electrons. The van der Waals surface area contributed by atoms with Gasteiger partial charge in [0, 0.05) is 23.9 Å². The molecule has 4 atom stereocenters. The number of phenols is 1. The number of benzene rings is 4. The first kappa shape index (κ1) is 34.2. The zero-order valence-corrected chi connectivity index (χ0v) is 28.2. The monoisotopic (exact) mass is 712 g/mol. The van der Waals surface area contributed by atoms with Crippen molar-refractivity contribution in [2.24, 2.45) is 0 Å². The standard InChI is InChI=1S/C36H37N6O8P/c43-28-7-1-22(2-8-28)15-32-34(44)35(45)33(16-23-3-9-29(10-4-23)50-21-51(47,48)49)42(20-25-6-12-31-27(14-25)18-38-40-31)36(46)41(32)19-24-5-11-30-26(13-24)17-37-39-30/h1-14,17-18,32-35,43-45H,15-16,19-21H2,(H,37,39)(H,38,40)(H2,47,48,49)/t32-,33-,34+,35+/m1/s1. The molecule has 6 aromatic rings. The van der Waals surface area contributed by atoms with Crippen LogP contribution < -0.4 is 4.74 Å². The van der Waals surface area contributed by atoms with Crippen molar-refractivity contribution in [1.82, 2.24) is 30.2 Å². The van der Waals surface area contributed by atoms with Crippen molar-refractivity contribution in [3.63, 3.8) is 0 Å². The topological polar surface area (TPSA) is 208 Å². The number of nitrogens with one attached hydrogen (secondary N) is 2. The summed E-state index contributed by atoms with van der Waals surface area (Å²) in [6.07, 6.45) is 0.212. The number of H-pyrrole nitrogens is 2. The van der Waals surface area contributed by atoms with Crippen LogP contribution in [0.1, 0.15) is 22.3 Å². The smallest absolute Gasteiger partial charge is 0.362 e. The minimum Gasteiger partial charge on any atom is -0.508 e. The Morgan fingerprint density at radius 3 is 1.61 bits per heavy atom. The maximum absolute atomic E-state index is 15.0. The van der Waals surface area contributed by atoms with Gasteiger partial charge < -0.3 is 39.6 Å². The summed E-state index contributed by atoms with van der Waals surface area (Å²) < 4.78 is 16.5. The molecule has 1 fully saturated rings. The number of aliphatic hydroxyl groups is 2. The summed E-state index contributed by atoms with van der Waals surface area (Å²) >= 11 is 0. The highest BCUT2D eigenvalue weighted by Crippen LogP contribution is 2.35. The second-order valence-electron chi connectivity index (χ2n) is 12.9. The molecular weight excluding hydrogens is 675 g/mol. The van der Waals surface area contributed by atoms with E-state index in [1.807, 2.05) is 36.4 Å². The quantitative estimate of drug-likeness (QED) is 0.0960. The molecule has 14 nitrogen and oxygen atoms in total. The van der Waals surface area contributed by atoms with Crippen LogP contribution in [0.4, 0.5) is 4.79 Å². The molecule has 7 rings (SSSR count). The van der Waals surface area contributed by atoms with Crippen molar-refractivity contribution >= 4 is 35.4 Å². The maximum Gasteiger partial charge on any atom is 0.362 e. The van der Waals surface area contributed by atoms with Gasteiger partial charge in [-0.2, -0.15) is 10.2 Å². The van der Waals surface area contributed by atoms with Crippen LogP contribution in [0.25, 0.3) is 21.8 Å². The molecule has 15 heteroatoms. The number of carbonyl (C=O) groups is 1. The van der Waals surface area contributed by atoms with E-state index in [0.29, 0.717) is 5.56 Å². The van der Waals surface area contributed by atoms with Crippen LogP contribution >= 0.6 is 7.60 Å². The van der Waals surface area contributed by atoms with Gasteiger partial charge in [0.15, 0.2) is 6.35 Å². The summed E-state index contributed by atoms with van der Waals surface area (Å²) in [6.45, 7) is 0.239. The molecule has 0 spiro atoms. The zero-order chi connectivity index (χ0) is 35.7. The molecule has 2 aromatic heterocycles. The summed E-state index contributed by atoms with van der Waals surface area (Å²) in [7, 11) is -4.38. The Morgan fingerprint density at radius 1 is 0.686 bits per heavy atom. The number of fused-ring (bicyclic) bond motifs is 2. The Hall–Kier alpha value is -5.24.